The molecule has 33 heavy (non-hydrogen) atoms. The van der Waals surface area contributed by atoms with Crippen molar-refractivity contribution in [2.24, 2.45) is 0 Å². The molecule has 3 aromatic rings. The molecule has 1 amide bonds. The van der Waals surface area contributed by atoms with Crippen molar-refractivity contribution in [2.45, 2.75) is 44.9 Å². The minimum Gasteiger partial charge on any atom is -0.348 e. The van der Waals surface area contributed by atoms with Crippen LogP contribution in [0.15, 0.2) is 66.9 Å². The average Bonchev–Trinajstić information content (AvgIpc) is 3.33. The summed E-state index contributed by atoms with van der Waals surface area (Å²) in [5.74, 6) is 0.747. The number of hydrogen-bond donors (Lipinski definition) is 2. The lowest BCUT2D eigenvalue weighted by Crippen LogP contribution is -2.33. The molecule has 0 unspecified atom stereocenters. The highest BCUT2D eigenvalue weighted by atomic mass is 16.2. The number of rotatable bonds is 9. The zero-order valence-electron chi connectivity index (χ0n) is 19.3. The number of amides is 1. The van der Waals surface area contributed by atoms with Crippen LogP contribution in [-0.4, -0.2) is 41.2 Å². The van der Waals surface area contributed by atoms with Crippen LogP contribution in [-0.2, 0) is 0 Å². The van der Waals surface area contributed by atoms with Gasteiger partial charge in [-0.25, -0.2) is 0 Å². The Kier molecular flexibility index (Phi) is 7.74. The molecule has 0 radical (unpaired) electrons. The van der Waals surface area contributed by atoms with Gasteiger partial charge in [0, 0.05) is 17.3 Å². The maximum Gasteiger partial charge on any atom is 0.257 e. The summed E-state index contributed by atoms with van der Waals surface area (Å²) in [4.78, 5) is 31.8. The van der Waals surface area contributed by atoms with Gasteiger partial charge in [-0.05, 0) is 62.5 Å². The van der Waals surface area contributed by atoms with Crippen LogP contribution in [0.4, 0.5) is 5.82 Å². The smallest absolute Gasteiger partial charge is 0.257 e. The summed E-state index contributed by atoms with van der Waals surface area (Å²) < 4.78 is 0. The summed E-state index contributed by atoms with van der Waals surface area (Å²) in [5, 5.41) is 2.95. The van der Waals surface area contributed by atoms with Gasteiger partial charge in [0.25, 0.3) is 5.91 Å². The van der Waals surface area contributed by atoms with E-state index in [1.54, 1.807) is 36.4 Å². The van der Waals surface area contributed by atoms with Crippen molar-refractivity contribution in [3.63, 3.8) is 0 Å². The summed E-state index contributed by atoms with van der Waals surface area (Å²) in [7, 11) is 0. The van der Waals surface area contributed by atoms with Crippen LogP contribution < -0.4 is 5.32 Å². The number of aromatic nitrogens is 1. The molecule has 5 nitrogen and oxygen atoms in total. The van der Waals surface area contributed by atoms with Gasteiger partial charge in [-0.1, -0.05) is 68.3 Å². The third-order valence-corrected chi connectivity index (χ3v) is 6.54. The first-order chi connectivity index (χ1) is 16.2. The number of carbonyl (C=O) groups excluding carboxylic acids is 2. The number of nitrogens with one attached hydrogen (secondary N) is 2. The first kappa shape index (κ1) is 23.0. The van der Waals surface area contributed by atoms with E-state index in [2.05, 4.69) is 22.1 Å². The molecule has 0 saturated carbocycles. The zero-order valence-corrected chi connectivity index (χ0v) is 19.3. The van der Waals surface area contributed by atoms with Crippen molar-refractivity contribution in [1.82, 2.24) is 9.88 Å². The molecule has 4 rings (SSSR count). The van der Waals surface area contributed by atoms with Gasteiger partial charge in [0.1, 0.15) is 5.82 Å². The number of ketones is 1. The summed E-state index contributed by atoms with van der Waals surface area (Å²) in [5.41, 5.74) is 2.60. The molecule has 5 heteroatoms. The van der Waals surface area contributed by atoms with E-state index < -0.39 is 0 Å². The van der Waals surface area contributed by atoms with E-state index in [1.807, 2.05) is 30.5 Å². The third-order valence-electron chi connectivity index (χ3n) is 6.54. The minimum absolute atomic E-state index is 0.153. The van der Waals surface area contributed by atoms with Crippen LogP contribution in [0.2, 0.25) is 0 Å². The van der Waals surface area contributed by atoms with Crippen LogP contribution in [0.3, 0.4) is 0 Å². The standard InChI is InChI=1S/C28H33N3O2/c1-2-3-9-16-31-17-14-21(15-18-31)23-19-26(29-20-23)30-28(33)25-13-8-7-12-24(25)27(32)22-10-5-4-6-11-22/h4-8,10-13,19-21,29H,2-3,9,14-18H2,1H3,(H,30,33). The molecule has 0 aliphatic carbocycles. The van der Waals surface area contributed by atoms with E-state index in [4.69, 9.17) is 0 Å². The Balaban J connectivity index is 1.39. The number of piperidine rings is 1. The number of nitrogens with zero attached hydrogens (tertiary/aromatic N) is 1. The Morgan fingerprint density at radius 1 is 0.970 bits per heavy atom. The normalized spacial score (nSPS) is 14.8. The van der Waals surface area contributed by atoms with Gasteiger partial charge in [0.15, 0.2) is 5.78 Å². The minimum atomic E-state index is -0.283. The van der Waals surface area contributed by atoms with Crippen LogP contribution in [0, 0.1) is 0 Å². The van der Waals surface area contributed by atoms with E-state index in [-0.39, 0.29) is 11.7 Å². The Labute approximate surface area is 196 Å². The Morgan fingerprint density at radius 2 is 1.67 bits per heavy atom. The summed E-state index contributed by atoms with van der Waals surface area (Å²) >= 11 is 0. The fraction of sp³-hybridized carbons (Fsp3) is 0.357. The Morgan fingerprint density at radius 3 is 2.39 bits per heavy atom. The molecule has 1 aliphatic rings. The van der Waals surface area contributed by atoms with Crippen molar-refractivity contribution in [2.75, 3.05) is 25.0 Å². The van der Waals surface area contributed by atoms with Crippen LogP contribution in [0.5, 0.6) is 0 Å². The fourth-order valence-corrected chi connectivity index (χ4v) is 4.61. The van der Waals surface area contributed by atoms with Gasteiger partial charge in [-0.2, -0.15) is 0 Å². The lowest BCUT2D eigenvalue weighted by atomic mass is 9.91. The molecule has 1 saturated heterocycles. The number of H-pyrrole nitrogens is 1. The second-order valence-electron chi connectivity index (χ2n) is 8.86. The number of carbonyl (C=O) groups is 2. The van der Waals surface area contributed by atoms with E-state index in [1.165, 1.54) is 31.4 Å². The lowest BCUT2D eigenvalue weighted by molar-refractivity contribution is 0.0996. The first-order valence-corrected chi connectivity index (χ1v) is 12.1. The highest BCUT2D eigenvalue weighted by Gasteiger charge is 2.22. The zero-order chi connectivity index (χ0) is 23.0. The topological polar surface area (TPSA) is 65.2 Å². The Hall–Kier alpha value is -3.18. The van der Waals surface area contributed by atoms with Crippen LogP contribution in [0.1, 0.15) is 76.8 Å². The summed E-state index contributed by atoms with van der Waals surface area (Å²) in [6.07, 6.45) is 8.15. The monoisotopic (exact) mass is 443 g/mol. The van der Waals surface area contributed by atoms with Crippen molar-refractivity contribution < 1.29 is 9.59 Å². The molecule has 0 spiro atoms. The average molecular weight is 444 g/mol. The van der Waals surface area contributed by atoms with Crippen molar-refractivity contribution in [1.29, 1.82) is 0 Å². The maximum atomic E-state index is 13.0. The Bertz CT molecular complexity index is 1070. The number of unbranched alkanes of at least 4 members (excludes halogenated alkanes) is 2. The van der Waals surface area contributed by atoms with Crippen LogP contribution in [0.25, 0.3) is 0 Å². The van der Waals surface area contributed by atoms with Gasteiger partial charge in [-0.3, -0.25) is 9.59 Å². The molecule has 1 aromatic heterocycles. The van der Waals surface area contributed by atoms with Gasteiger partial charge < -0.3 is 15.2 Å². The molecule has 1 fully saturated rings. The molecule has 172 valence electrons. The molecule has 0 atom stereocenters. The molecular weight excluding hydrogens is 410 g/mol. The van der Waals surface area contributed by atoms with Gasteiger partial charge in [-0.15, -0.1) is 0 Å². The van der Waals surface area contributed by atoms with Gasteiger partial charge in [0.05, 0.1) is 5.56 Å². The molecular formula is C28H33N3O2. The largest absolute Gasteiger partial charge is 0.348 e. The molecule has 2 heterocycles. The second-order valence-corrected chi connectivity index (χ2v) is 8.86. The maximum absolute atomic E-state index is 13.0. The SMILES string of the molecule is CCCCCN1CCC(c2c[nH]c(NC(=O)c3ccccc3C(=O)c3ccccc3)c2)CC1. The predicted molar refractivity (Wildman–Crippen MR) is 133 cm³/mol. The number of hydrogen-bond acceptors (Lipinski definition) is 3. The number of aromatic amines is 1. The quantitative estimate of drug-likeness (QED) is 0.321. The van der Waals surface area contributed by atoms with E-state index in [0.29, 0.717) is 28.4 Å². The second kappa shape index (κ2) is 11.1. The molecule has 0 bridgehead atoms. The van der Waals surface area contributed by atoms with Crippen molar-refractivity contribution >= 4 is 17.5 Å². The van der Waals surface area contributed by atoms with Gasteiger partial charge >= 0.3 is 0 Å². The van der Waals surface area contributed by atoms with Gasteiger partial charge in [0.2, 0.25) is 0 Å². The number of benzene rings is 2. The van der Waals surface area contributed by atoms with E-state index >= 15 is 0 Å². The lowest BCUT2D eigenvalue weighted by Gasteiger charge is -2.31. The van der Waals surface area contributed by atoms with Crippen molar-refractivity contribution in [3.05, 3.63) is 89.1 Å². The fourth-order valence-electron chi connectivity index (χ4n) is 4.61. The summed E-state index contributed by atoms with van der Waals surface area (Å²) in [6.45, 7) is 5.72. The highest BCUT2D eigenvalue weighted by Crippen LogP contribution is 2.30. The van der Waals surface area contributed by atoms with E-state index in [9.17, 15) is 9.59 Å². The molecule has 2 N–H and O–H groups in total. The molecule has 1 aliphatic heterocycles. The predicted octanol–water partition coefficient (Wildman–Crippen LogP) is 5.87. The highest BCUT2D eigenvalue weighted by molar-refractivity contribution is 6.17. The van der Waals surface area contributed by atoms with E-state index in [0.717, 1.165) is 25.9 Å². The first-order valence-electron chi connectivity index (χ1n) is 12.1. The number of likely N-dealkylation sites (tertiary alicyclic amines) is 1. The molecule has 2 aromatic carbocycles. The summed E-state index contributed by atoms with van der Waals surface area (Å²) in [6, 6.07) is 18.1. The number of anilines is 1. The third kappa shape index (κ3) is 5.79. The van der Waals surface area contributed by atoms with Crippen LogP contribution >= 0.6 is 0 Å². The van der Waals surface area contributed by atoms with Crippen molar-refractivity contribution in [3.8, 4) is 0 Å².